The molecule has 0 aliphatic carbocycles. The van der Waals surface area contributed by atoms with E-state index in [0.29, 0.717) is 36.9 Å². The molecule has 0 atom stereocenters. The molecule has 0 saturated heterocycles. The van der Waals surface area contributed by atoms with Crippen LogP contribution in [0.15, 0.2) is 34.9 Å². The number of ether oxygens (including phenoxy) is 3. The van der Waals surface area contributed by atoms with Crippen LogP contribution in [0.25, 0.3) is 0 Å². The SMILES string of the molecule is COc1cc(C)cc(OC)c1OCCNCc1ccco1. The van der Waals surface area contributed by atoms with E-state index in [2.05, 4.69) is 5.32 Å². The summed E-state index contributed by atoms with van der Waals surface area (Å²) in [5.41, 5.74) is 1.06. The lowest BCUT2D eigenvalue weighted by Gasteiger charge is -2.15. The van der Waals surface area contributed by atoms with Crippen molar-refractivity contribution in [1.29, 1.82) is 0 Å². The zero-order valence-corrected chi connectivity index (χ0v) is 12.6. The summed E-state index contributed by atoms with van der Waals surface area (Å²) in [6.45, 7) is 3.87. The molecule has 2 aromatic rings. The highest BCUT2D eigenvalue weighted by atomic mass is 16.5. The summed E-state index contributed by atoms with van der Waals surface area (Å²) in [7, 11) is 3.24. The van der Waals surface area contributed by atoms with Crippen molar-refractivity contribution in [2.75, 3.05) is 27.4 Å². The molecule has 0 bridgehead atoms. The molecule has 0 unspecified atom stereocenters. The second kappa shape index (κ2) is 7.59. The molecule has 21 heavy (non-hydrogen) atoms. The smallest absolute Gasteiger partial charge is 0.203 e. The van der Waals surface area contributed by atoms with Gasteiger partial charge in [-0.15, -0.1) is 0 Å². The van der Waals surface area contributed by atoms with Gasteiger partial charge in [-0.1, -0.05) is 0 Å². The zero-order chi connectivity index (χ0) is 15.1. The van der Waals surface area contributed by atoms with Gasteiger partial charge in [0.05, 0.1) is 27.0 Å². The fourth-order valence-corrected chi connectivity index (χ4v) is 2.00. The van der Waals surface area contributed by atoms with E-state index in [9.17, 15) is 0 Å². The maximum Gasteiger partial charge on any atom is 0.203 e. The maximum absolute atomic E-state index is 5.78. The summed E-state index contributed by atoms with van der Waals surface area (Å²) < 4.78 is 21.7. The number of aryl methyl sites for hydroxylation is 1. The van der Waals surface area contributed by atoms with Crippen LogP contribution in [0, 0.1) is 6.92 Å². The molecule has 0 aliphatic rings. The molecule has 1 N–H and O–H groups in total. The van der Waals surface area contributed by atoms with E-state index in [1.165, 1.54) is 0 Å². The molecule has 2 rings (SSSR count). The molecule has 1 aromatic carbocycles. The van der Waals surface area contributed by atoms with Gasteiger partial charge in [-0.25, -0.2) is 0 Å². The number of furan rings is 1. The molecule has 0 amide bonds. The Morgan fingerprint density at radius 1 is 1.14 bits per heavy atom. The quantitative estimate of drug-likeness (QED) is 0.758. The lowest BCUT2D eigenvalue weighted by atomic mass is 10.2. The van der Waals surface area contributed by atoms with Gasteiger partial charge in [0, 0.05) is 6.54 Å². The molecule has 114 valence electrons. The van der Waals surface area contributed by atoms with E-state index < -0.39 is 0 Å². The zero-order valence-electron chi connectivity index (χ0n) is 12.6. The van der Waals surface area contributed by atoms with Gasteiger partial charge in [0.25, 0.3) is 0 Å². The van der Waals surface area contributed by atoms with Gasteiger partial charge in [0.2, 0.25) is 5.75 Å². The third-order valence-corrected chi connectivity index (χ3v) is 3.01. The van der Waals surface area contributed by atoms with Gasteiger partial charge in [0.1, 0.15) is 12.4 Å². The van der Waals surface area contributed by atoms with Crippen LogP contribution >= 0.6 is 0 Å². The van der Waals surface area contributed by atoms with Crippen molar-refractivity contribution in [2.45, 2.75) is 13.5 Å². The van der Waals surface area contributed by atoms with E-state index in [4.69, 9.17) is 18.6 Å². The lowest BCUT2D eigenvalue weighted by molar-refractivity contribution is 0.272. The normalized spacial score (nSPS) is 10.4. The van der Waals surface area contributed by atoms with E-state index in [1.54, 1.807) is 20.5 Å². The number of hydrogen-bond donors (Lipinski definition) is 1. The standard InChI is InChI=1S/C16H21NO4/c1-12-9-14(18-2)16(15(10-12)19-3)21-8-6-17-11-13-5-4-7-20-13/h4-5,7,9-10,17H,6,8,11H2,1-3H3. The summed E-state index contributed by atoms with van der Waals surface area (Å²) in [5, 5.41) is 3.24. The second-order valence-electron chi connectivity index (χ2n) is 4.60. The van der Waals surface area contributed by atoms with Gasteiger partial charge in [-0.3, -0.25) is 0 Å². The molecular formula is C16H21NO4. The van der Waals surface area contributed by atoms with Crippen molar-refractivity contribution in [3.05, 3.63) is 41.9 Å². The molecule has 0 spiro atoms. The first kappa shape index (κ1) is 15.3. The monoisotopic (exact) mass is 291 g/mol. The highest BCUT2D eigenvalue weighted by molar-refractivity contribution is 5.53. The van der Waals surface area contributed by atoms with Crippen molar-refractivity contribution in [3.63, 3.8) is 0 Å². The summed E-state index contributed by atoms with van der Waals surface area (Å²) in [6, 6.07) is 7.65. The van der Waals surface area contributed by atoms with E-state index in [1.807, 2.05) is 31.2 Å². The highest BCUT2D eigenvalue weighted by Crippen LogP contribution is 2.38. The molecule has 0 saturated carbocycles. The Balaban J connectivity index is 1.87. The molecule has 0 fully saturated rings. The Bertz CT molecular complexity index is 526. The largest absolute Gasteiger partial charge is 0.493 e. The molecule has 0 radical (unpaired) electrons. The molecule has 0 aliphatic heterocycles. The van der Waals surface area contributed by atoms with Crippen LogP contribution in [-0.2, 0) is 6.54 Å². The van der Waals surface area contributed by atoms with Gasteiger partial charge < -0.3 is 23.9 Å². The van der Waals surface area contributed by atoms with Crippen molar-refractivity contribution >= 4 is 0 Å². The minimum absolute atomic E-state index is 0.510. The van der Waals surface area contributed by atoms with Crippen molar-refractivity contribution in [3.8, 4) is 17.2 Å². The summed E-state index contributed by atoms with van der Waals surface area (Å²) in [6.07, 6.45) is 1.66. The number of rotatable bonds is 8. The summed E-state index contributed by atoms with van der Waals surface area (Å²) >= 11 is 0. The first-order valence-corrected chi connectivity index (χ1v) is 6.83. The second-order valence-corrected chi connectivity index (χ2v) is 4.60. The average molecular weight is 291 g/mol. The van der Waals surface area contributed by atoms with Crippen LogP contribution in [0.4, 0.5) is 0 Å². The van der Waals surface area contributed by atoms with Crippen LogP contribution < -0.4 is 19.5 Å². The van der Waals surface area contributed by atoms with E-state index in [0.717, 1.165) is 11.3 Å². The maximum atomic E-state index is 5.78. The van der Waals surface area contributed by atoms with Crippen molar-refractivity contribution in [1.82, 2.24) is 5.32 Å². The van der Waals surface area contributed by atoms with Crippen molar-refractivity contribution in [2.24, 2.45) is 0 Å². The molecule has 5 heteroatoms. The fraction of sp³-hybridized carbons (Fsp3) is 0.375. The number of methoxy groups -OCH3 is 2. The van der Waals surface area contributed by atoms with Crippen LogP contribution in [0.3, 0.4) is 0 Å². The Hall–Kier alpha value is -2.14. The predicted octanol–water partition coefficient (Wildman–Crippen LogP) is 2.77. The third kappa shape index (κ3) is 4.16. The van der Waals surface area contributed by atoms with Gasteiger partial charge in [-0.2, -0.15) is 0 Å². The Morgan fingerprint density at radius 3 is 2.43 bits per heavy atom. The highest BCUT2D eigenvalue weighted by Gasteiger charge is 2.12. The Kier molecular flexibility index (Phi) is 5.51. The van der Waals surface area contributed by atoms with E-state index >= 15 is 0 Å². The van der Waals surface area contributed by atoms with E-state index in [-0.39, 0.29) is 0 Å². The van der Waals surface area contributed by atoms with Crippen LogP contribution in [0.5, 0.6) is 17.2 Å². The molecule has 1 heterocycles. The lowest BCUT2D eigenvalue weighted by Crippen LogP contribution is -2.20. The first-order chi connectivity index (χ1) is 10.2. The third-order valence-electron chi connectivity index (χ3n) is 3.01. The Labute approximate surface area is 124 Å². The first-order valence-electron chi connectivity index (χ1n) is 6.83. The fourth-order valence-electron chi connectivity index (χ4n) is 2.00. The number of hydrogen-bond acceptors (Lipinski definition) is 5. The average Bonchev–Trinajstić information content (AvgIpc) is 3.00. The molecule has 5 nitrogen and oxygen atoms in total. The van der Waals surface area contributed by atoms with Crippen LogP contribution in [-0.4, -0.2) is 27.4 Å². The van der Waals surface area contributed by atoms with Crippen molar-refractivity contribution < 1.29 is 18.6 Å². The number of nitrogens with one attached hydrogen (secondary N) is 1. The minimum Gasteiger partial charge on any atom is -0.493 e. The van der Waals surface area contributed by atoms with Gasteiger partial charge in [-0.05, 0) is 36.8 Å². The topological polar surface area (TPSA) is 52.9 Å². The van der Waals surface area contributed by atoms with Gasteiger partial charge in [0.15, 0.2) is 11.5 Å². The molecular weight excluding hydrogens is 270 g/mol. The number of benzene rings is 1. The minimum atomic E-state index is 0.510. The van der Waals surface area contributed by atoms with Crippen LogP contribution in [0.1, 0.15) is 11.3 Å². The van der Waals surface area contributed by atoms with Gasteiger partial charge >= 0.3 is 0 Å². The summed E-state index contributed by atoms with van der Waals surface area (Å²) in [5.74, 6) is 2.89. The predicted molar refractivity (Wildman–Crippen MR) is 80.2 cm³/mol. The summed E-state index contributed by atoms with van der Waals surface area (Å²) in [4.78, 5) is 0. The molecule has 1 aromatic heterocycles. The Morgan fingerprint density at radius 2 is 1.86 bits per heavy atom. The van der Waals surface area contributed by atoms with Crippen LogP contribution in [0.2, 0.25) is 0 Å².